The Balaban J connectivity index is 1.52. The molecule has 1 atom stereocenters. The zero-order valence-electron chi connectivity index (χ0n) is 16.0. The minimum atomic E-state index is -3.21. The lowest BCUT2D eigenvalue weighted by Gasteiger charge is -2.30. The van der Waals surface area contributed by atoms with E-state index in [0.29, 0.717) is 6.54 Å². The fourth-order valence-corrected chi connectivity index (χ4v) is 5.37. The summed E-state index contributed by atoms with van der Waals surface area (Å²) in [6.07, 6.45) is 3.07. The Hall–Kier alpha value is -0.700. The highest BCUT2D eigenvalue weighted by Crippen LogP contribution is 2.21. The average molecular weight is 416 g/mol. The van der Waals surface area contributed by atoms with Crippen LogP contribution in [0.1, 0.15) is 18.4 Å². The van der Waals surface area contributed by atoms with E-state index in [2.05, 4.69) is 15.9 Å². The van der Waals surface area contributed by atoms with Crippen molar-refractivity contribution in [1.29, 1.82) is 0 Å². The van der Waals surface area contributed by atoms with Crippen LogP contribution in [0.3, 0.4) is 0 Å². The molecule has 0 N–H and O–H groups in total. The maximum Gasteiger partial charge on any atom is 0.211 e. The predicted octanol–water partition coefficient (Wildman–Crippen LogP) is 1.90. The minimum Gasteiger partial charge on any atom is -0.379 e. The molecule has 8 heteroatoms. The molecule has 0 unspecified atom stereocenters. The SMILES string of the molecule is CS(=O)(=O)N(CCCN1CCOCC1)[C@H]1CCN(Cc2cccc(Cl)c2)C1. The van der Waals surface area contributed by atoms with E-state index in [-0.39, 0.29) is 6.04 Å². The third-order valence-corrected chi connectivity index (χ3v) is 6.90. The first-order chi connectivity index (χ1) is 12.9. The van der Waals surface area contributed by atoms with Crippen LogP contribution < -0.4 is 0 Å². The highest BCUT2D eigenvalue weighted by atomic mass is 35.5. The Morgan fingerprint density at radius 3 is 2.70 bits per heavy atom. The minimum absolute atomic E-state index is 0.0591. The summed E-state index contributed by atoms with van der Waals surface area (Å²) in [5.41, 5.74) is 1.17. The maximum atomic E-state index is 12.4. The van der Waals surface area contributed by atoms with Crippen LogP contribution in [-0.2, 0) is 21.3 Å². The number of likely N-dealkylation sites (tertiary alicyclic amines) is 1. The predicted molar refractivity (Wildman–Crippen MR) is 109 cm³/mol. The lowest BCUT2D eigenvalue weighted by molar-refractivity contribution is 0.0366. The normalized spacial score (nSPS) is 22.6. The van der Waals surface area contributed by atoms with Gasteiger partial charge in [-0.2, -0.15) is 4.31 Å². The monoisotopic (exact) mass is 415 g/mol. The van der Waals surface area contributed by atoms with Gasteiger partial charge in [0, 0.05) is 50.3 Å². The van der Waals surface area contributed by atoms with Gasteiger partial charge in [0.2, 0.25) is 10.0 Å². The molecule has 2 fully saturated rings. The highest BCUT2D eigenvalue weighted by molar-refractivity contribution is 7.88. The molecule has 0 spiro atoms. The van der Waals surface area contributed by atoms with E-state index < -0.39 is 10.0 Å². The quantitative estimate of drug-likeness (QED) is 0.649. The lowest BCUT2D eigenvalue weighted by atomic mass is 10.2. The van der Waals surface area contributed by atoms with Crippen LogP contribution in [0.25, 0.3) is 0 Å². The van der Waals surface area contributed by atoms with E-state index in [9.17, 15) is 8.42 Å². The first kappa shape index (κ1) is 21.0. The van der Waals surface area contributed by atoms with Crippen LogP contribution in [-0.4, -0.2) is 87.3 Å². The number of nitrogens with zero attached hydrogens (tertiary/aromatic N) is 3. The Morgan fingerprint density at radius 2 is 2.00 bits per heavy atom. The fraction of sp³-hybridized carbons (Fsp3) is 0.684. The Bertz CT molecular complexity index is 710. The molecule has 2 heterocycles. The van der Waals surface area contributed by atoms with Crippen molar-refractivity contribution in [2.75, 3.05) is 58.7 Å². The molecule has 2 saturated heterocycles. The van der Waals surface area contributed by atoms with Gasteiger partial charge in [-0.25, -0.2) is 8.42 Å². The molecular formula is C19H30ClN3O3S. The number of ether oxygens (including phenoxy) is 1. The molecule has 1 aromatic carbocycles. The van der Waals surface area contributed by atoms with Crippen LogP contribution in [0.4, 0.5) is 0 Å². The van der Waals surface area contributed by atoms with Gasteiger partial charge in [0.15, 0.2) is 0 Å². The standard InChI is InChI=1S/C19H30ClN3O3S/c1-27(24,25)23(8-3-7-21-10-12-26-13-11-21)19-6-9-22(16-19)15-17-4-2-5-18(20)14-17/h2,4-5,14,19H,3,6-13,15-16H2,1H3/t19-/m0/s1. The highest BCUT2D eigenvalue weighted by Gasteiger charge is 2.32. The van der Waals surface area contributed by atoms with Gasteiger partial charge < -0.3 is 4.74 Å². The Morgan fingerprint density at radius 1 is 1.22 bits per heavy atom. The summed E-state index contributed by atoms with van der Waals surface area (Å²) >= 11 is 6.07. The van der Waals surface area contributed by atoms with Crippen LogP contribution >= 0.6 is 11.6 Å². The summed E-state index contributed by atoms with van der Waals surface area (Å²) in [6, 6.07) is 7.93. The molecule has 0 bridgehead atoms. The van der Waals surface area contributed by atoms with Crippen molar-refractivity contribution in [2.24, 2.45) is 0 Å². The lowest BCUT2D eigenvalue weighted by Crippen LogP contribution is -2.43. The van der Waals surface area contributed by atoms with Crippen molar-refractivity contribution in [3.63, 3.8) is 0 Å². The van der Waals surface area contributed by atoms with Crippen LogP contribution in [0.15, 0.2) is 24.3 Å². The first-order valence-corrected chi connectivity index (χ1v) is 11.9. The largest absolute Gasteiger partial charge is 0.379 e. The first-order valence-electron chi connectivity index (χ1n) is 9.65. The van der Waals surface area contributed by atoms with Gasteiger partial charge in [-0.15, -0.1) is 0 Å². The van der Waals surface area contributed by atoms with Crippen molar-refractivity contribution in [3.8, 4) is 0 Å². The average Bonchev–Trinajstić information content (AvgIpc) is 3.06. The van der Waals surface area contributed by atoms with Crippen LogP contribution in [0.5, 0.6) is 0 Å². The number of rotatable bonds is 8. The van der Waals surface area contributed by atoms with Gasteiger partial charge >= 0.3 is 0 Å². The number of benzene rings is 1. The molecule has 6 nitrogen and oxygen atoms in total. The second-order valence-electron chi connectivity index (χ2n) is 7.49. The zero-order chi connectivity index (χ0) is 19.3. The van der Waals surface area contributed by atoms with E-state index >= 15 is 0 Å². The maximum absolute atomic E-state index is 12.4. The van der Waals surface area contributed by atoms with Gasteiger partial charge in [0.25, 0.3) is 0 Å². The van der Waals surface area contributed by atoms with E-state index in [1.54, 1.807) is 4.31 Å². The van der Waals surface area contributed by atoms with Crippen molar-refractivity contribution < 1.29 is 13.2 Å². The van der Waals surface area contributed by atoms with E-state index in [4.69, 9.17) is 16.3 Å². The van der Waals surface area contributed by atoms with Gasteiger partial charge in [-0.1, -0.05) is 23.7 Å². The van der Waals surface area contributed by atoms with Crippen molar-refractivity contribution in [1.82, 2.24) is 14.1 Å². The van der Waals surface area contributed by atoms with Crippen molar-refractivity contribution in [3.05, 3.63) is 34.9 Å². The summed E-state index contributed by atoms with van der Waals surface area (Å²) in [6.45, 7) is 7.44. The van der Waals surface area contributed by atoms with E-state index in [0.717, 1.165) is 70.3 Å². The zero-order valence-corrected chi connectivity index (χ0v) is 17.6. The van der Waals surface area contributed by atoms with Gasteiger partial charge in [0.05, 0.1) is 19.5 Å². The number of hydrogen-bond acceptors (Lipinski definition) is 5. The fourth-order valence-electron chi connectivity index (χ4n) is 3.98. The second-order valence-corrected chi connectivity index (χ2v) is 9.86. The number of sulfonamides is 1. The van der Waals surface area contributed by atoms with Gasteiger partial charge in [-0.05, 0) is 37.1 Å². The van der Waals surface area contributed by atoms with E-state index in [1.165, 1.54) is 11.8 Å². The molecule has 2 aliphatic heterocycles. The molecule has 0 radical (unpaired) electrons. The third-order valence-electron chi connectivity index (χ3n) is 5.33. The summed E-state index contributed by atoms with van der Waals surface area (Å²) in [7, 11) is -3.21. The van der Waals surface area contributed by atoms with Crippen molar-refractivity contribution >= 4 is 21.6 Å². The molecule has 0 aromatic heterocycles. The van der Waals surface area contributed by atoms with Gasteiger partial charge in [0.1, 0.15) is 0 Å². The smallest absolute Gasteiger partial charge is 0.211 e. The molecule has 0 saturated carbocycles. The Kier molecular flexibility index (Phi) is 7.53. The molecule has 27 heavy (non-hydrogen) atoms. The molecular weight excluding hydrogens is 386 g/mol. The molecule has 0 aliphatic carbocycles. The van der Waals surface area contributed by atoms with E-state index in [1.807, 2.05) is 18.2 Å². The van der Waals surface area contributed by atoms with Crippen LogP contribution in [0.2, 0.25) is 5.02 Å². The summed E-state index contributed by atoms with van der Waals surface area (Å²) in [4.78, 5) is 4.67. The Labute approximate surface area is 168 Å². The second kappa shape index (κ2) is 9.67. The third kappa shape index (κ3) is 6.41. The molecule has 2 aliphatic rings. The van der Waals surface area contributed by atoms with Crippen LogP contribution in [0, 0.1) is 0 Å². The molecule has 3 rings (SSSR count). The number of hydrogen-bond donors (Lipinski definition) is 0. The summed E-state index contributed by atoms with van der Waals surface area (Å²) in [5, 5.41) is 0.740. The molecule has 1 aromatic rings. The van der Waals surface area contributed by atoms with Crippen molar-refractivity contribution in [2.45, 2.75) is 25.4 Å². The molecule has 0 amide bonds. The number of morpholine rings is 1. The van der Waals surface area contributed by atoms with Gasteiger partial charge in [-0.3, -0.25) is 9.80 Å². The topological polar surface area (TPSA) is 53.1 Å². The number of halogens is 1. The summed E-state index contributed by atoms with van der Waals surface area (Å²) in [5.74, 6) is 0. The summed E-state index contributed by atoms with van der Waals surface area (Å²) < 4.78 is 31.8. The molecule has 152 valence electrons.